The molecule has 3 heterocycles. The highest BCUT2D eigenvalue weighted by molar-refractivity contribution is 5.30. The second-order valence-corrected chi connectivity index (χ2v) is 4.22. The van der Waals surface area contributed by atoms with Crippen molar-refractivity contribution in [3.05, 3.63) is 30.4 Å². The second-order valence-electron chi connectivity index (χ2n) is 4.22. The summed E-state index contributed by atoms with van der Waals surface area (Å²) >= 11 is 0. The Morgan fingerprint density at radius 2 is 2.38 bits per heavy atom. The number of hydrogen-bond donors (Lipinski definition) is 1. The van der Waals surface area contributed by atoms with Gasteiger partial charge in [0.1, 0.15) is 0 Å². The zero-order valence-electron chi connectivity index (χ0n) is 8.95. The van der Waals surface area contributed by atoms with Crippen LogP contribution in [0.3, 0.4) is 0 Å². The van der Waals surface area contributed by atoms with Gasteiger partial charge in [-0.3, -0.25) is 9.30 Å². The number of aliphatic hydroxyl groups is 1. The van der Waals surface area contributed by atoms with Gasteiger partial charge >= 0.3 is 0 Å². The highest BCUT2D eigenvalue weighted by Crippen LogP contribution is 2.13. The Hall–Kier alpha value is -1.46. The smallest absolute Gasteiger partial charge is 0.233 e. The molecule has 84 valence electrons. The monoisotopic (exact) mass is 218 g/mol. The minimum Gasteiger partial charge on any atom is -0.392 e. The van der Waals surface area contributed by atoms with Crippen LogP contribution in [0.5, 0.6) is 0 Å². The molecular weight excluding hydrogens is 204 g/mol. The summed E-state index contributed by atoms with van der Waals surface area (Å²) in [5.74, 6) is 0.734. The molecule has 0 aromatic carbocycles. The van der Waals surface area contributed by atoms with Gasteiger partial charge in [0, 0.05) is 32.0 Å². The van der Waals surface area contributed by atoms with Gasteiger partial charge in [0.15, 0.2) is 0 Å². The van der Waals surface area contributed by atoms with Crippen molar-refractivity contribution >= 4 is 5.78 Å². The van der Waals surface area contributed by atoms with Crippen molar-refractivity contribution in [1.82, 2.24) is 19.3 Å². The number of aromatic nitrogens is 3. The molecule has 3 rings (SSSR count). The van der Waals surface area contributed by atoms with E-state index < -0.39 is 0 Å². The summed E-state index contributed by atoms with van der Waals surface area (Å²) in [5.41, 5.74) is 1.12. The van der Waals surface area contributed by atoms with Gasteiger partial charge in [-0.05, 0) is 12.5 Å². The van der Waals surface area contributed by atoms with Gasteiger partial charge in [-0.2, -0.15) is 0 Å². The summed E-state index contributed by atoms with van der Waals surface area (Å²) in [6.45, 7) is 2.53. The van der Waals surface area contributed by atoms with E-state index in [0.717, 1.165) is 37.5 Å². The Morgan fingerprint density at radius 3 is 3.19 bits per heavy atom. The molecule has 0 unspecified atom stereocenters. The molecule has 1 N–H and O–H groups in total. The van der Waals surface area contributed by atoms with Crippen LogP contribution in [0.15, 0.2) is 24.7 Å². The fraction of sp³-hybridized carbons (Fsp3) is 0.455. The zero-order valence-corrected chi connectivity index (χ0v) is 8.95. The first kappa shape index (κ1) is 9.74. The Balaban J connectivity index is 1.84. The first-order chi connectivity index (χ1) is 7.83. The van der Waals surface area contributed by atoms with E-state index in [1.54, 1.807) is 6.20 Å². The first-order valence-corrected chi connectivity index (χ1v) is 5.50. The van der Waals surface area contributed by atoms with E-state index in [2.05, 4.69) is 14.9 Å². The van der Waals surface area contributed by atoms with Crippen molar-refractivity contribution in [2.45, 2.75) is 19.1 Å². The lowest BCUT2D eigenvalue weighted by atomic mass is 10.3. The maximum Gasteiger partial charge on any atom is 0.233 e. The molecule has 16 heavy (non-hydrogen) atoms. The summed E-state index contributed by atoms with van der Waals surface area (Å²) in [7, 11) is 0. The standard InChI is InChI=1S/C11H14N4O/c16-10-2-5-14(8-10)7-9-6-13-11-12-3-1-4-15(9)11/h1,3-4,6,10,16H,2,5,7-8H2/t10-/m1/s1. The van der Waals surface area contributed by atoms with Crippen LogP contribution in [0.1, 0.15) is 12.1 Å². The van der Waals surface area contributed by atoms with E-state index >= 15 is 0 Å². The van der Waals surface area contributed by atoms with E-state index in [1.807, 2.05) is 22.9 Å². The van der Waals surface area contributed by atoms with Gasteiger partial charge < -0.3 is 5.11 Å². The van der Waals surface area contributed by atoms with Crippen molar-refractivity contribution in [3.63, 3.8) is 0 Å². The number of aliphatic hydroxyl groups excluding tert-OH is 1. The van der Waals surface area contributed by atoms with Crippen LogP contribution in [-0.2, 0) is 6.54 Å². The minimum atomic E-state index is -0.169. The number of rotatable bonds is 2. The summed E-state index contributed by atoms with van der Waals surface area (Å²) in [4.78, 5) is 10.7. The van der Waals surface area contributed by atoms with Gasteiger partial charge in [-0.15, -0.1) is 0 Å². The molecule has 1 atom stereocenters. The maximum absolute atomic E-state index is 9.47. The molecular formula is C11H14N4O. The minimum absolute atomic E-state index is 0.169. The first-order valence-electron chi connectivity index (χ1n) is 5.50. The molecule has 0 amide bonds. The van der Waals surface area contributed by atoms with Crippen LogP contribution >= 0.6 is 0 Å². The van der Waals surface area contributed by atoms with Crippen LogP contribution in [0, 0.1) is 0 Å². The largest absolute Gasteiger partial charge is 0.392 e. The van der Waals surface area contributed by atoms with Crippen molar-refractivity contribution in [2.24, 2.45) is 0 Å². The number of nitrogens with zero attached hydrogens (tertiary/aromatic N) is 4. The molecule has 0 spiro atoms. The average Bonchev–Trinajstić information content (AvgIpc) is 2.87. The third-order valence-electron chi connectivity index (χ3n) is 3.00. The second kappa shape index (κ2) is 3.84. The summed E-state index contributed by atoms with van der Waals surface area (Å²) in [5, 5.41) is 9.47. The molecule has 1 aliphatic rings. The molecule has 0 bridgehead atoms. The molecule has 0 saturated carbocycles. The molecule has 5 heteroatoms. The topological polar surface area (TPSA) is 53.7 Å². The predicted molar refractivity (Wildman–Crippen MR) is 58.9 cm³/mol. The van der Waals surface area contributed by atoms with E-state index in [1.165, 1.54) is 0 Å². The highest BCUT2D eigenvalue weighted by Gasteiger charge is 2.20. The number of likely N-dealkylation sites (tertiary alicyclic amines) is 1. The number of fused-ring (bicyclic) bond motifs is 1. The lowest BCUT2D eigenvalue weighted by molar-refractivity contribution is 0.174. The Bertz CT molecular complexity index is 495. The van der Waals surface area contributed by atoms with Gasteiger partial charge in [0.05, 0.1) is 18.0 Å². The fourth-order valence-corrected chi connectivity index (χ4v) is 2.18. The molecule has 1 fully saturated rings. The molecule has 0 radical (unpaired) electrons. The predicted octanol–water partition coefficient (Wildman–Crippen LogP) is 0.296. The van der Waals surface area contributed by atoms with Gasteiger partial charge in [-0.25, -0.2) is 9.97 Å². The molecule has 1 aliphatic heterocycles. The van der Waals surface area contributed by atoms with Gasteiger partial charge in [0.25, 0.3) is 0 Å². The number of imidazole rings is 1. The van der Waals surface area contributed by atoms with E-state index in [9.17, 15) is 5.11 Å². The van der Waals surface area contributed by atoms with Crippen LogP contribution in [0.2, 0.25) is 0 Å². The summed E-state index contributed by atoms with van der Waals surface area (Å²) < 4.78 is 1.99. The maximum atomic E-state index is 9.47. The van der Waals surface area contributed by atoms with E-state index in [0.29, 0.717) is 0 Å². The normalized spacial score (nSPS) is 21.9. The molecule has 2 aromatic heterocycles. The SMILES string of the molecule is O[C@@H]1CCN(Cc2cnc3ncccn23)C1. The van der Waals surface area contributed by atoms with E-state index in [-0.39, 0.29) is 6.10 Å². The lowest BCUT2D eigenvalue weighted by Gasteiger charge is -2.13. The quantitative estimate of drug-likeness (QED) is 0.787. The number of β-amino-alcohol motifs (C(OH)–C–C–N with tert-alkyl or cyclic N) is 1. The lowest BCUT2D eigenvalue weighted by Crippen LogP contribution is -2.22. The fourth-order valence-electron chi connectivity index (χ4n) is 2.18. The Labute approximate surface area is 93.4 Å². The molecule has 1 saturated heterocycles. The average molecular weight is 218 g/mol. The van der Waals surface area contributed by atoms with Crippen molar-refractivity contribution in [3.8, 4) is 0 Å². The molecule has 5 nitrogen and oxygen atoms in total. The van der Waals surface area contributed by atoms with Crippen LogP contribution in [0.25, 0.3) is 5.78 Å². The zero-order chi connectivity index (χ0) is 11.0. The summed E-state index contributed by atoms with van der Waals surface area (Å²) in [6, 6.07) is 1.90. The van der Waals surface area contributed by atoms with Crippen LogP contribution < -0.4 is 0 Å². The Morgan fingerprint density at radius 1 is 1.44 bits per heavy atom. The van der Waals surface area contributed by atoms with Crippen molar-refractivity contribution in [1.29, 1.82) is 0 Å². The molecule has 2 aromatic rings. The Kier molecular flexibility index (Phi) is 2.34. The van der Waals surface area contributed by atoms with E-state index in [4.69, 9.17) is 0 Å². The highest BCUT2D eigenvalue weighted by atomic mass is 16.3. The third-order valence-corrected chi connectivity index (χ3v) is 3.00. The van der Waals surface area contributed by atoms with Crippen LogP contribution in [-0.4, -0.2) is 43.6 Å². The van der Waals surface area contributed by atoms with Crippen molar-refractivity contribution < 1.29 is 5.11 Å². The van der Waals surface area contributed by atoms with Gasteiger partial charge in [-0.1, -0.05) is 0 Å². The van der Waals surface area contributed by atoms with Crippen LogP contribution in [0.4, 0.5) is 0 Å². The number of hydrogen-bond acceptors (Lipinski definition) is 4. The van der Waals surface area contributed by atoms with Gasteiger partial charge in [0.2, 0.25) is 5.78 Å². The molecule has 0 aliphatic carbocycles. The third kappa shape index (κ3) is 1.68. The summed E-state index contributed by atoms with van der Waals surface area (Å²) in [6.07, 6.45) is 6.27. The van der Waals surface area contributed by atoms with Crippen molar-refractivity contribution in [2.75, 3.05) is 13.1 Å².